The second-order valence-electron chi connectivity index (χ2n) is 7.20. The zero-order chi connectivity index (χ0) is 20.0. The van der Waals surface area contributed by atoms with E-state index in [1.165, 1.54) is 21.8 Å². The van der Waals surface area contributed by atoms with E-state index in [1.807, 2.05) is 19.9 Å². The van der Waals surface area contributed by atoms with Gasteiger partial charge in [-0.1, -0.05) is 0 Å². The highest BCUT2D eigenvalue weighted by Crippen LogP contribution is 2.38. The number of aromatic nitrogens is 1. The predicted octanol–water partition coefficient (Wildman–Crippen LogP) is 3.82. The molecule has 1 aliphatic heterocycles. The number of carbonyl (C=O) groups excluding carboxylic acids is 2. The van der Waals surface area contributed by atoms with Gasteiger partial charge < -0.3 is 9.88 Å². The number of rotatable bonds is 3. The van der Waals surface area contributed by atoms with Crippen LogP contribution in [0.4, 0.5) is 4.79 Å². The lowest BCUT2D eigenvalue weighted by Gasteiger charge is -2.10. The van der Waals surface area contributed by atoms with Crippen LogP contribution >= 0.6 is 11.3 Å². The van der Waals surface area contributed by atoms with Crippen molar-refractivity contribution in [2.75, 3.05) is 6.54 Å². The first-order valence-corrected chi connectivity index (χ1v) is 10.4. The molecule has 28 heavy (non-hydrogen) atoms. The van der Waals surface area contributed by atoms with Crippen LogP contribution in [0.5, 0.6) is 0 Å². The van der Waals surface area contributed by atoms with Crippen LogP contribution < -0.4 is 5.32 Å². The van der Waals surface area contributed by atoms with Gasteiger partial charge in [0.2, 0.25) is 0 Å². The maximum absolute atomic E-state index is 12.4. The molecule has 7 heteroatoms. The van der Waals surface area contributed by atoms with Crippen LogP contribution in [0.1, 0.15) is 52.7 Å². The summed E-state index contributed by atoms with van der Waals surface area (Å²) in [5.41, 5.74) is 5.11. The lowest BCUT2D eigenvalue weighted by Crippen LogP contribution is -2.30. The molecule has 0 aromatic carbocycles. The monoisotopic (exact) mass is 394 g/mol. The maximum atomic E-state index is 12.4. The minimum Gasteiger partial charge on any atom is -0.308 e. The van der Waals surface area contributed by atoms with Gasteiger partial charge in [0.05, 0.1) is 5.56 Å². The zero-order valence-electron chi connectivity index (χ0n) is 16.3. The number of urea groups is 1. The topological polar surface area (TPSA) is 78.1 Å². The van der Waals surface area contributed by atoms with Crippen molar-refractivity contribution >= 4 is 29.4 Å². The molecule has 1 saturated heterocycles. The Hall–Kier alpha value is -2.85. The number of carbonyl (C=O) groups is 2. The number of thiophene rings is 1. The Balaban J connectivity index is 1.79. The Morgan fingerprint density at radius 2 is 2.04 bits per heavy atom. The number of hydrogen-bond acceptors (Lipinski definition) is 4. The number of fused-ring (bicyclic) bond motifs is 1. The van der Waals surface area contributed by atoms with E-state index in [0.29, 0.717) is 6.54 Å². The molecule has 2 aromatic rings. The summed E-state index contributed by atoms with van der Waals surface area (Å²) in [5.74, 6) is -0.304. The van der Waals surface area contributed by atoms with Crippen molar-refractivity contribution in [2.24, 2.45) is 0 Å². The van der Waals surface area contributed by atoms with Gasteiger partial charge in [0.1, 0.15) is 16.8 Å². The number of likely N-dealkylation sites (N-methyl/N-ethyl adjacent to an activating group) is 1. The van der Waals surface area contributed by atoms with Gasteiger partial charge in [-0.3, -0.25) is 9.69 Å². The second kappa shape index (κ2) is 6.95. The Bertz CT molecular complexity index is 1070. The molecule has 4 rings (SSSR count). The van der Waals surface area contributed by atoms with Crippen molar-refractivity contribution in [2.45, 2.75) is 46.5 Å². The van der Waals surface area contributed by atoms with E-state index in [1.54, 1.807) is 24.3 Å². The number of aryl methyl sites for hydroxylation is 2. The number of imide groups is 1. The highest BCUT2D eigenvalue weighted by Gasteiger charge is 2.32. The van der Waals surface area contributed by atoms with Gasteiger partial charge in [0.15, 0.2) is 0 Å². The molecule has 0 spiro atoms. The van der Waals surface area contributed by atoms with Crippen molar-refractivity contribution in [3.8, 4) is 11.1 Å². The molecule has 1 fully saturated rings. The third-order valence-corrected chi connectivity index (χ3v) is 6.79. The molecule has 0 saturated carbocycles. The molecular weight excluding hydrogens is 372 g/mol. The summed E-state index contributed by atoms with van der Waals surface area (Å²) >= 11 is 1.70. The maximum Gasteiger partial charge on any atom is 0.328 e. The van der Waals surface area contributed by atoms with E-state index in [9.17, 15) is 14.9 Å². The summed E-state index contributed by atoms with van der Waals surface area (Å²) in [7, 11) is 0. The number of amides is 3. The normalized spacial score (nSPS) is 17.8. The molecule has 2 aliphatic rings. The number of nitrogens with one attached hydrogen (secondary N) is 1. The highest BCUT2D eigenvalue weighted by atomic mass is 32.1. The summed E-state index contributed by atoms with van der Waals surface area (Å²) < 4.78 is 2.10. The molecule has 0 bridgehead atoms. The highest BCUT2D eigenvalue weighted by molar-refractivity contribution is 7.15. The van der Waals surface area contributed by atoms with Crippen molar-refractivity contribution in [3.63, 3.8) is 0 Å². The first-order valence-electron chi connectivity index (χ1n) is 9.54. The second-order valence-corrected chi connectivity index (χ2v) is 8.29. The lowest BCUT2D eigenvalue weighted by atomic mass is 9.96. The average molecular weight is 395 g/mol. The Labute approximate surface area is 168 Å². The molecule has 1 N–H and O–H groups in total. The fourth-order valence-electron chi connectivity index (χ4n) is 4.08. The van der Waals surface area contributed by atoms with E-state index >= 15 is 0 Å². The molecule has 3 amide bonds. The number of nitrogens with zero attached hydrogens (tertiary/aromatic N) is 3. The molecule has 144 valence electrons. The van der Waals surface area contributed by atoms with Crippen LogP contribution in [0.3, 0.4) is 0 Å². The molecule has 2 aromatic heterocycles. The summed E-state index contributed by atoms with van der Waals surface area (Å²) in [6.45, 7) is 6.10. The third-order valence-electron chi connectivity index (χ3n) is 5.52. The first kappa shape index (κ1) is 18.5. The quantitative estimate of drug-likeness (QED) is 0.635. The third kappa shape index (κ3) is 2.76. The number of nitriles is 1. The van der Waals surface area contributed by atoms with Gasteiger partial charge in [-0.2, -0.15) is 5.26 Å². The standard InChI is InChI=1S/C21H22N4O2S/c1-4-24-19(26)17(23-21(24)27)10-14-9-12(2)25(13(14)3)20-16(11-22)15-7-5-6-8-18(15)28-20/h9-10H,4-8H2,1-3H3,(H,23,27)/b17-10+. The van der Waals surface area contributed by atoms with Crippen LogP contribution in [0.15, 0.2) is 11.8 Å². The van der Waals surface area contributed by atoms with Crippen molar-refractivity contribution < 1.29 is 9.59 Å². The van der Waals surface area contributed by atoms with Gasteiger partial charge in [-0.15, -0.1) is 11.3 Å². The van der Waals surface area contributed by atoms with E-state index in [-0.39, 0.29) is 17.6 Å². The fraction of sp³-hybridized carbons (Fsp3) is 0.381. The van der Waals surface area contributed by atoms with Gasteiger partial charge in [-0.05, 0) is 69.7 Å². The van der Waals surface area contributed by atoms with E-state index < -0.39 is 0 Å². The molecular formula is C21H22N4O2S. The lowest BCUT2D eigenvalue weighted by molar-refractivity contribution is -0.122. The van der Waals surface area contributed by atoms with Crippen LogP contribution in [0, 0.1) is 25.2 Å². The average Bonchev–Trinajstić information content (AvgIpc) is 3.26. The van der Waals surface area contributed by atoms with Gasteiger partial charge in [0.25, 0.3) is 5.91 Å². The largest absolute Gasteiger partial charge is 0.328 e. The minimum atomic E-state index is -0.384. The fourth-order valence-corrected chi connectivity index (χ4v) is 5.54. The smallest absolute Gasteiger partial charge is 0.308 e. The molecule has 0 atom stereocenters. The minimum absolute atomic E-state index is 0.290. The van der Waals surface area contributed by atoms with Crippen LogP contribution in [-0.4, -0.2) is 28.0 Å². The predicted molar refractivity (Wildman–Crippen MR) is 108 cm³/mol. The van der Waals surface area contributed by atoms with Gasteiger partial charge >= 0.3 is 6.03 Å². The summed E-state index contributed by atoms with van der Waals surface area (Å²) in [6.07, 6.45) is 6.05. The Morgan fingerprint density at radius 3 is 2.71 bits per heavy atom. The van der Waals surface area contributed by atoms with Gasteiger partial charge in [0, 0.05) is 22.8 Å². The summed E-state index contributed by atoms with van der Waals surface area (Å²) in [6, 6.07) is 4.03. The molecule has 3 heterocycles. The van der Waals surface area contributed by atoms with Crippen molar-refractivity contribution in [1.29, 1.82) is 5.26 Å². The number of hydrogen-bond donors (Lipinski definition) is 1. The first-order chi connectivity index (χ1) is 13.5. The molecule has 6 nitrogen and oxygen atoms in total. The molecule has 0 unspecified atom stereocenters. The van der Waals surface area contributed by atoms with Crippen LogP contribution in [0.2, 0.25) is 0 Å². The SMILES string of the molecule is CCN1C(=O)N/C(=C/c2cc(C)n(-c3sc4c(c3C#N)CCCC4)c2C)C1=O. The van der Waals surface area contributed by atoms with Crippen molar-refractivity contribution in [1.82, 2.24) is 14.8 Å². The van der Waals surface area contributed by atoms with E-state index in [2.05, 4.69) is 16.0 Å². The Morgan fingerprint density at radius 1 is 1.29 bits per heavy atom. The van der Waals surface area contributed by atoms with Gasteiger partial charge in [-0.25, -0.2) is 4.79 Å². The van der Waals surface area contributed by atoms with E-state index in [4.69, 9.17) is 0 Å². The van der Waals surface area contributed by atoms with Crippen LogP contribution in [-0.2, 0) is 17.6 Å². The molecule has 1 aliphatic carbocycles. The van der Waals surface area contributed by atoms with E-state index in [0.717, 1.165) is 46.8 Å². The summed E-state index contributed by atoms with van der Waals surface area (Å²) in [4.78, 5) is 26.8. The zero-order valence-corrected chi connectivity index (χ0v) is 17.1. The summed E-state index contributed by atoms with van der Waals surface area (Å²) in [5, 5.41) is 13.4. The van der Waals surface area contributed by atoms with Crippen molar-refractivity contribution in [3.05, 3.63) is 44.7 Å². The Kier molecular flexibility index (Phi) is 4.60. The molecule has 0 radical (unpaired) electrons. The van der Waals surface area contributed by atoms with Crippen LogP contribution in [0.25, 0.3) is 11.1 Å².